The van der Waals surface area contributed by atoms with Gasteiger partial charge in [-0.1, -0.05) is 0 Å². The number of rotatable bonds is 4. The molecule has 0 saturated carbocycles. The van der Waals surface area contributed by atoms with Crippen LogP contribution in [0.15, 0.2) is 30.6 Å². The Kier molecular flexibility index (Phi) is 3.26. The van der Waals surface area contributed by atoms with Gasteiger partial charge in [0.1, 0.15) is 6.67 Å². The van der Waals surface area contributed by atoms with Crippen LogP contribution < -0.4 is 5.73 Å². The molecule has 0 atom stereocenters. The van der Waals surface area contributed by atoms with Gasteiger partial charge in [-0.25, -0.2) is 4.39 Å². The molecule has 0 aromatic carbocycles. The van der Waals surface area contributed by atoms with E-state index in [0.29, 0.717) is 6.54 Å². The maximum absolute atomic E-state index is 12.3. The smallest absolute Gasteiger partial charge is 0.109 e. The van der Waals surface area contributed by atoms with E-state index in [9.17, 15) is 4.39 Å². The Hall–Kier alpha value is -1.75. The predicted octanol–water partition coefficient (Wildman–Crippen LogP) is 1.37. The average Bonchev–Trinajstić information content (AvgIpc) is 2.74. The summed E-state index contributed by atoms with van der Waals surface area (Å²) >= 11 is 0. The van der Waals surface area contributed by atoms with Gasteiger partial charge in [-0.05, 0) is 18.2 Å². The van der Waals surface area contributed by atoms with Crippen molar-refractivity contribution in [3.05, 3.63) is 36.3 Å². The number of nitrogens with zero attached hydrogens (tertiary/aromatic N) is 3. The van der Waals surface area contributed by atoms with E-state index in [1.165, 1.54) is 0 Å². The molecule has 0 aliphatic carbocycles. The Balaban J connectivity index is 2.36. The van der Waals surface area contributed by atoms with Gasteiger partial charge < -0.3 is 5.73 Å². The second-order valence-corrected chi connectivity index (χ2v) is 3.38. The first-order valence-electron chi connectivity index (χ1n) is 5.08. The Labute approximate surface area is 92.9 Å². The number of hydrogen-bond donors (Lipinski definition) is 1. The summed E-state index contributed by atoms with van der Waals surface area (Å²) in [5.74, 6) is 0. The Bertz CT molecular complexity index is 452. The lowest BCUT2D eigenvalue weighted by Crippen LogP contribution is -2.09. The van der Waals surface area contributed by atoms with Gasteiger partial charge in [0, 0.05) is 24.5 Å². The number of halogens is 1. The van der Waals surface area contributed by atoms with Gasteiger partial charge in [-0.15, -0.1) is 0 Å². The molecule has 0 aliphatic heterocycles. The van der Waals surface area contributed by atoms with Crippen LogP contribution in [0, 0.1) is 0 Å². The molecule has 2 heterocycles. The molecule has 2 aromatic rings. The van der Waals surface area contributed by atoms with E-state index in [2.05, 4.69) is 10.1 Å². The van der Waals surface area contributed by atoms with Gasteiger partial charge in [0.25, 0.3) is 0 Å². The monoisotopic (exact) mass is 220 g/mol. The lowest BCUT2D eigenvalue weighted by molar-refractivity contribution is 0.421. The van der Waals surface area contributed by atoms with Crippen molar-refractivity contribution in [3.8, 4) is 11.3 Å². The fourth-order valence-electron chi connectivity index (χ4n) is 1.55. The molecule has 5 heteroatoms. The highest BCUT2D eigenvalue weighted by Crippen LogP contribution is 2.17. The standard InChI is InChI=1S/C11H13FN4/c12-3-5-16-10(7-13)6-11(15-16)9-2-1-4-14-8-9/h1-2,4,6,8H,3,5,7,13H2. The normalized spacial score (nSPS) is 10.6. The molecule has 84 valence electrons. The van der Waals surface area contributed by atoms with Crippen molar-refractivity contribution in [1.82, 2.24) is 14.8 Å². The Morgan fingerprint density at radius 1 is 1.44 bits per heavy atom. The minimum Gasteiger partial charge on any atom is -0.325 e. The second kappa shape index (κ2) is 4.85. The van der Waals surface area contributed by atoms with Crippen molar-refractivity contribution >= 4 is 0 Å². The molecule has 0 radical (unpaired) electrons. The summed E-state index contributed by atoms with van der Waals surface area (Å²) in [5.41, 5.74) is 8.10. The number of aromatic nitrogens is 3. The topological polar surface area (TPSA) is 56.7 Å². The van der Waals surface area contributed by atoms with Crippen LogP contribution in [0.4, 0.5) is 4.39 Å². The molecule has 4 nitrogen and oxygen atoms in total. The predicted molar refractivity (Wildman–Crippen MR) is 59.3 cm³/mol. The summed E-state index contributed by atoms with van der Waals surface area (Å²) in [5, 5.41) is 4.30. The van der Waals surface area contributed by atoms with Crippen LogP contribution in [0.1, 0.15) is 5.69 Å². The lowest BCUT2D eigenvalue weighted by atomic mass is 10.2. The second-order valence-electron chi connectivity index (χ2n) is 3.38. The van der Waals surface area contributed by atoms with Gasteiger partial charge >= 0.3 is 0 Å². The number of hydrogen-bond acceptors (Lipinski definition) is 3. The first-order chi connectivity index (χ1) is 7.85. The first-order valence-corrected chi connectivity index (χ1v) is 5.08. The van der Waals surface area contributed by atoms with Crippen LogP contribution in [0.25, 0.3) is 11.3 Å². The van der Waals surface area contributed by atoms with Crippen molar-refractivity contribution in [2.75, 3.05) is 6.67 Å². The summed E-state index contributed by atoms with van der Waals surface area (Å²) in [4.78, 5) is 4.02. The van der Waals surface area contributed by atoms with E-state index in [-0.39, 0.29) is 6.54 Å². The zero-order valence-corrected chi connectivity index (χ0v) is 8.81. The van der Waals surface area contributed by atoms with Crippen LogP contribution in [0.3, 0.4) is 0 Å². The highest BCUT2D eigenvalue weighted by atomic mass is 19.1. The van der Waals surface area contributed by atoms with Crippen molar-refractivity contribution in [2.24, 2.45) is 5.73 Å². The molecule has 2 N–H and O–H groups in total. The minimum atomic E-state index is -0.443. The zero-order chi connectivity index (χ0) is 11.4. The quantitative estimate of drug-likeness (QED) is 0.846. The van der Waals surface area contributed by atoms with Crippen LogP contribution >= 0.6 is 0 Å². The Morgan fingerprint density at radius 2 is 2.31 bits per heavy atom. The molecule has 16 heavy (non-hydrogen) atoms. The van der Waals surface area contributed by atoms with Crippen molar-refractivity contribution in [1.29, 1.82) is 0 Å². The van der Waals surface area contributed by atoms with E-state index >= 15 is 0 Å². The van der Waals surface area contributed by atoms with Gasteiger partial charge in [0.05, 0.1) is 17.9 Å². The van der Waals surface area contributed by atoms with E-state index in [4.69, 9.17) is 5.73 Å². The van der Waals surface area contributed by atoms with Crippen LogP contribution in [-0.4, -0.2) is 21.4 Å². The third-order valence-electron chi connectivity index (χ3n) is 2.33. The molecule has 0 fully saturated rings. The summed E-state index contributed by atoms with van der Waals surface area (Å²) in [6, 6.07) is 5.62. The van der Waals surface area contributed by atoms with Crippen molar-refractivity contribution in [3.63, 3.8) is 0 Å². The third-order valence-corrected chi connectivity index (χ3v) is 2.33. The molecule has 0 aliphatic rings. The zero-order valence-electron chi connectivity index (χ0n) is 8.81. The van der Waals surface area contributed by atoms with Crippen LogP contribution in [0.2, 0.25) is 0 Å². The fourth-order valence-corrected chi connectivity index (χ4v) is 1.55. The summed E-state index contributed by atoms with van der Waals surface area (Å²) < 4.78 is 13.9. The molecule has 0 unspecified atom stereocenters. The van der Waals surface area contributed by atoms with E-state index in [1.54, 1.807) is 17.1 Å². The van der Waals surface area contributed by atoms with Crippen molar-refractivity contribution < 1.29 is 4.39 Å². The highest BCUT2D eigenvalue weighted by Gasteiger charge is 2.07. The fraction of sp³-hybridized carbons (Fsp3) is 0.273. The van der Waals surface area contributed by atoms with E-state index < -0.39 is 6.67 Å². The van der Waals surface area contributed by atoms with Gasteiger partial charge in [-0.3, -0.25) is 9.67 Å². The number of pyridine rings is 1. The summed E-state index contributed by atoms with van der Waals surface area (Å²) in [6.45, 7) is 0.154. The SMILES string of the molecule is NCc1cc(-c2cccnc2)nn1CCF. The van der Waals surface area contributed by atoms with Crippen LogP contribution in [0.5, 0.6) is 0 Å². The first kappa shape index (κ1) is 10.8. The molecule has 0 amide bonds. The number of aryl methyl sites for hydroxylation is 1. The van der Waals surface area contributed by atoms with E-state index in [1.807, 2.05) is 18.2 Å². The summed E-state index contributed by atoms with van der Waals surface area (Å²) in [7, 11) is 0. The largest absolute Gasteiger partial charge is 0.325 e. The highest BCUT2D eigenvalue weighted by molar-refractivity contribution is 5.57. The average molecular weight is 220 g/mol. The molecule has 0 spiro atoms. The van der Waals surface area contributed by atoms with Gasteiger partial charge in [0.15, 0.2) is 0 Å². The van der Waals surface area contributed by atoms with Crippen molar-refractivity contribution in [2.45, 2.75) is 13.1 Å². The maximum atomic E-state index is 12.3. The molecular weight excluding hydrogens is 207 g/mol. The maximum Gasteiger partial charge on any atom is 0.109 e. The molecule has 2 aromatic heterocycles. The molecular formula is C11H13FN4. The number of alkyl halides is 1. The summed E-state index contributed by atoms with van der Waals surface area (Å²) in [6.07, 6.45) is 3.42. The van der Waals surface area contributed by atoms with E-state index in [0.717, 1.165) is 17.0 Å². The molecule has 0 saturated heterocycles. The minimum absolute atomic E-state index is 0.243. The van der Waals surface area contributed by atoms with Crippen LogP contribution in [-0.2, 0) is 13.1 Å². The lowest BCUT2D eigenvalue weighted by Gasteiger charge is -2.00. The Morgan fingerprint density at radius 3 is 2.94 bits per heavy atom. The van der Waals surface area contributed by atoms with Gasteiger partial charge in [0.2, 0.25) is 0 Å². The molecule has 0 bridgehead atoms. The third kappa shape index (κ3) is 2.09. The van der Waals surface area contributed by atoms with Gasteiger partial charge in [-0.2, -0.15) is 5.10 Å². The molecule has 2 rings (SSSR count). The number of nitrogens with two attached hydrogens (primary N) is 1.